The molecule has 33 heavy (non-hydrogen) atoms. The number of carbonyl (C=O) groups excluding carboxylic acids is 2. The van der Waals surface area contributed by atoms with E-state index in [2.05, 4.69) is 26.6 Å². The van der Waals surface area contributed by atoms with E-state index < -0.39 is 28.9 Å². The summed E-state index contributed by atoms with van der Waals surface area (Å²) < 4.78 is 14.8. The van der Waals surface area contributed by atoms with Gasteiger partial charge in [0.15, 0.2) is 0 Å². The Kier molecular flexibility index (Phi) is 8.39. The van der Waals surface area contributed by atoms with E-state index >= 15 is 0 Å². The van der Waals surface area contributed by atoms with Gasteiger partial charge in [0.1, 0.15) is 11.1 Å². The molecule has 168 valence electrons. The summed E-state index contributed by atoms with van der Waals surface area (Å²) in [5.41, 5.74) is 1.22. The summed E-state index contributed by atoms with van der Waals surface area (Å²) in [5, 5.41) is 13.1. The van der Waals surface area contributed by atoms with Gasteiger partial charge in [0.2, 0.25) is 11.8 Å². The van der Waals surface area contributed by atoms with Crippen molar-refractivity contribution >= 4 is 56.9 Å². The molecule has 0 radical (unpaired) electrons. The lowest BCUT2D eigenvalue weighted by molar-refractivity contribution is -0.131. The number of benzene rings is 3. The zero-order valence-corrected chi connectivity index (χ0v) is 19.4. The van der Waals surface area contributed by atoms with Crippen LogP contribution >= 0.6 is 27.7 Å². The molecule has 0 saturated carbocycles. The molecule has 0 fully saturated rings. The van der Waals surface area contributed by atoms with Crippen LogP contribution in [0.4, 0.5) is 15.8 Å². The summed E-state index contributed by atoms with van der Waals surface area (Å²) in [4.78, 5) is 36.2. The van der Waals surface area contributed by atoms with Crippen LogP contribution in [-0.4, -0.2) is 22.9 Å². The van der Waals surface area contributed by atoms with Crippen LogP contribution < -0.4 is 10.6 Å². The Morgan fingerprint density at radius 2 is 1.70 bits per heavy atom. The summed E-state index contributed by atoms with van der Waals surface area (Å²) >= 11 is 4.42. The number of carboxylic acid groups (broad SMARTS) is 1. The number of halogens is 2. The first-order valence-corrected chi connectivity index (χ1v) is 11.3. The Labute approximate surface area is 202 Å². The SMILES string of the molecule is O=C(O)/C=C/C(=O)Nc1cccc(SC(C(=O)Nc2ccc(Br)cc2F)c2ccccc2)c1. The molecule has 1 atom stereocenters. The summed E-state index contributed by atoms with van der Waals surface area (Å²) in [5.74, 6) is -2.80. The predicted octanol–water partition coefficient (Wildman–Crippen LogP) is 5.64. The molecule has 2 amide bonds. The molecular formula is C24H18BrFN2O4S. The van der Waals surface area contributed by atoms with E-state index in [0.717, 1.165) is 17.7 Å². The van der Waals surface area contributed by atoms with E-state index in [1.807, 2.05) is 18.2 Å². The molecule has 0 saturated heterocycles. The average molecular weight is 529 g/mol. The van der Waals surface area contributed by atoms with Gasteiger partial charge in [-0.15, -0.1) is 11.8 Å². The first-order valence-electron chi connectivity index (χ1n) is 9.61. The maximum absolute atomic E-state index is 14.3. The molecule has 3 aromatic rings. The topological polar surface area (TPSA) is 95.5 Å². The van der Waals surface area contributed by atoms with Crippen LogP contribution in [-0.2, 0) is 14.4 Å². The Morgan fingerprint density at radius 1 is 0.939 bits per heavy atom. The smallest absolute Gasteiger partial charge is 0.328 e. The highest BCUT2D eigenvalue weighted by molar-refractivity contribution is 9.10. The molecule has 0 bridgehead atoms. The van der Waals surface area contributed by atoms with Crippen molar-refractivity contribution in [2.75, 3.05) is 10.6 Å². The van der Waals surface area contributed by atoms with Gasteiger partial charge in [0.25, 0.3) is 0 Å². The Bertz CT molecular complexity index is 1200. The molecule has 0 aliphatic heterocycles. The van der Waals surface area contributed by atoms with Gasteiger partial charge in [0, 0.05) is 27.2 Å². The minimum Gasteiger partial charge on any atom is -0.478 e. The summed E-state index contributed by atoms with van der Waals surface area (Å²) in [6.45, 7) is 0. The number of hydrogen-bond acceptors (Lipinski definition) is 4. The van der Waals surface area contributed by atoms with Crippen LogP contribution in [0.2, 0.25) is 0 Å². The molecular weight excluding hydrogens is 511 g/mol. The van der Waals surface area contributed by atoms with Crippen molar-refractivity contribution in [3.05, 3.63) is 101 Å². The molecule has 6 nitrogen and oxygen atoms in total. The van der Waals surface area contributed by atoms with E-state index in [9.17, 15) is 18.8 Å². The van der Waals surface area contributed by atoms with Crippen LogP contribution in [0, 0.1) is 5.82 Å². The second-order valence-electron chi connectivity index (χ2n) is 6.71. The maximum Gasteiger partial charge on any atom is 0.328 e. The molecule has 3 N–H and O–H groups in total. The van der Waals surface area contributed by atoms with Crippen LogP contribution in [0.3, 0.4) is 0 Å². The maximum atomic E-state index is 14.3. The first kappa shape index (κ1) is 24.2. The molecule has 9 heteroatoms. The molecule has 0 aliphatic rings. The number of anilines is 2. The van der Waals surface area contributed by atoms with Crippen molar-refractivity contribution in [3.8, 4) is 0 Å². The zero-order chi connectivity index (χ0) is 23.8. The van der Waals surface area contributed by atoms with Gasteiger partial charge >= 0.3 is 5.97 Å². The van der Waals surface area contributed by atoms with Crippen LogP contribution in [0.1, 0.15) is 10.8 Å². The molecule has 0 aromatic heterocycles. The van der Waals surface area contributed by atoms with E-state index in [1.165, 1.54) is 23.9 Å². The zero-order valence-electron chi connectivity index (χ0n) is 17.0. The van der Waals surface area contributed by atoms with Gasteiger partial charge in [-0.1, -0.05) is 52.3 Å². The summed E-state index contributed by atoms with van der Waals surface area (Å²) in [6, 6.07) is 20.2. The lowest BCUT2D eigenvalue weighted by Crippen LogP contribution is -2.19. The third kappa shape index (κ3) is 7.30. The Balaban J connectivity index is 1.82. The lowest BCUT2D eigenvalue weighted by Gasteiger charge is -2.18. The normalized spacial score (nSPS) is 11.7. The van der Waals surface area contributed by atoms with E-state index in [1.54, 1.807) is 42.5 Å². The number of carbonyl (C=O) groups is 3. The number of amides is 2. The molecule has 1 unspecified atom stereocenters. The van der Waals surface area contributed by atoms with Crippen molar-refractivity contribution in [1.82, 2.24) is 0 Å². The third-order valence-electron chi connectivity index (χ3n) is 4.26. The number of hydrogen-bond donors (Lipinski definition) is 3. The summed E-state index contributed by atoms with van der Waals surface area (Å²) in [7, 11) is 0. The fraction of sp³-hybridized carbons (Fsp3) is 0.0417. The summed E-state index contributed by atoms with van der Waals surface area (Å²) in [6.07, 6.45) is 1.65. The molecule has 0 spiro atoms. The Morgan fingerprint density at radius 3 is 2.39 bits per heavy atom. The highest BCUT2D eigenvalue weighted by atomic mass is 79.9. The van der Waals surface area contributed by atoms with Crippen molar-refractivity contribution in [2.45, 2.75) is 10.1 Å². The van der Waals surface area contributed by atoms with Gasteiger partial charge in [-0.05, 0) is 42.0 Å². The standard InChI is InChI=1S/C24H18BrFN2O4S/c25-16-9-10-20(19(26)13-16)28-24(32)23(15-5-2-1-3-6-15)33-18-8-4-7-17(14-18)27-21(29)11-12-22(30)31/h1-14,23H,(H,27,29)(H,28,32)(H,30,31)/b12-11+. The van der Waals surface area contributed by atoms with Crippen molar-refractivity contribution in [2.24, 2.45) is 0 Å². The van der Waals surface area contributed by atoms with E-state index in [-0.39, 0.29) is 5.69 Å². The van der Waals surface area contributed by atoms with Gasteiger partial charge < -0.3 is 15.7 Å². The Hall–Kier alpha value is -3.43. The van der Waals surface area contributed by atoms with Crippen molar-refractivity contribution in [1.29, 1.82) is 0 Å². The third-order valence-corrected chi connectivity index (χ3v) is 6.00. The fourth-order valence-corrected chi connectivity index (χ4v) is 4.22. The molecule has 3 rings (SSSR count). The highest BCUT2D eigenvalue weighted by Gasteiger charge is 2.23. The van der Waals surface area contributed by atoms with Crippen LogP contribution in [0.15, 0.2) is 94.3 Å². The molecule has 3 aromatic carbocycles. The van der Waals surface area contributed by atoms with Crippen LogP contribution in [0.25, 0.3) is 0 Å². The quantitative estimate of drug-likeness (QED) is 0.259. The van der Waals surface area contributed by atoms with Gasteiger partial charge in [-0.25, -0.2) is 9.18 Å². The van der Waals surface area contributed by atoms with E-state index in [0.29, 0.717) is 15.1 Å². The minimum atomic E-state index is -1.23. The number of carboxylic acids is 1. The second kappa shape index (κ2) is 11.4. The second-order valence-corrected chi connectivity index (χ2v) is 8.80. The fourth-order valence-electron chi connectivity index (χ4n) is 2.80. The monoisotopic (exact) mass is 528 g/mol. The van der Waals surface area contributed by atoms with Crippen molar-refractivity contribution < 1.29 is 23.9 Å². The number of thioether (sulfide) groups is 1. The average Bonchev–Trinajstić information content (AvgIpc) is 2.79. The number of aliphatic carboxylic acids is 1. The predicted molar refractivity (Wildman–Crippen MR) is 130 cm³/mol. The van der Waals surface area contributed by atoms with Gasteiger partial charge in [0.05, 0.1) is 5.69 Å². The first-order chi connectivity index (χ1) is 15.8. The highest BCUT2D eigenvalue weighted by Crippen LogP contribution is 2.37. The molecule has 0 aliphatic carbocycles. The minimum absolute atomic E-state index is 0.0657. The van der Waals surface area contributed by atoms with Gasteiger partial charge in [-0.2, -0.15) is 0 Å². The van der Waals surface area contributed by atoms with Gasteiger partial charge in [-0.3, -0.25) is 9.59 Å². The van der Waals surface area contributed by atoms with E-state index in [4.69, 9.17) is 5.11 Å². The largest absolute Gasteiger partial charge is 0.478 e. The number of nitrogens with one attached hydrogen (secondary N) is 2. The molecule has 0 heterocycles. The van der Waals surface area contributed by atoms with Crippen LogP contribution in [0.5, 0.6) is 0 Å². The number of rotatable bonds is 8. The lowest BCUT2D eigenvalue weighted by atomic mass is 10.1. The van der Waals surface area contributed by atoms with Crippen molar-refractivity contribution in [3.63, 3.8) is 0 Å².